The molecule has 1 aliphatic rings. The molecule has 1 saturated heterocycles. The third kappa shape index (κ3) is 4.47. The molecule has 5 nitrogen and oxygen atoms in total. The maximum absolute atomic E-state index is 12.3. The minimum absolute atomic E-state index is 0.00468. The number of hydrogen-bond donors (Lipinski definition) is 1. The van der Waals surface area contributed by atoms with E-state index in [9.17, 15) is 13.2 Å². The molecule has 1 aromatic rings. The first-order valence-corrected chi connectivity index (χ1v) is 9.27. The standard InChI is InChI=1S/C16H23NO4S/c1-12(2)10-21-14-6-4-5-13(9-14)15(18)17-16(3)7-8-22(19,20)11-16/h4-6,9,12H,7-8,10-11H2,1-3H3,(H,17,18)/t16-/m1/s1. The van der Waals surface area contributed by atoms with E-state index >= 15 is 0 Å². The van der Waals surface area contributed by atoms with Gasteiger partial charge in [-0.25, -0.2) is 8.42 Å². The third-order valence-electron chi connectivity index (χ3n) is 3.60. The average Bonchev–Trinajstić information content (AvgIpc) is 2.70. The van der Waals surface area contributed by atoms with Gasteiger partial charge in [-0.15, -0.1) is 0 Å². The summed E-state index contributed by atoms with van der Waals surface area (Å²) < 4.78 is 28.8. The van der Waals surface area contributed by atoms with Gasteiger partial charge in [0.05, 0.1) is 23.7 Å². The molecule has 1 fully saturated rings. The lowest BCUT2D eigenvalue weighted by atomic mass is 10.0. The number of nitrogens with one attached hydrogen (secondary N) is 1. The second-order valence-electron chi connectivity index (χ2n) is 6.59. The molecular weight excluding hydrogens is 302 g/mol. The van der Waals surface area contributed by atoms with Crippen LogP contribution in [0.2, 0.25) is 0 Å². The van der Waals surface area contributed by atoms with Crippen molar-refractivity contribution in [1.29, 1.82) is 0 Å². The van der Waals surface area contributed by atoms with E-state index in [2.05, 4.69) is 19.2 Å². The van der Waals surface area contributed by atoms with Crippen molar-refractivity contribution in [1.82, 2.24) is 5.32 Å². The Hall–Kier alpha value is -1.56. The molecule has 6 heteroatoms. The van der Waals surface area contributed by atoms with E-state index in [1.165, 1.54) is 0 Å². The highest BCUT2D eigenvalue weighted by Gasteiger charge is 2.39. The summed E-state index contributed by atoms with van der Waals surface area (Å²) in [7, 11) is -3.05. The first-order chi connectivity index (χ1) is 10.2. The van der Waals surface area contributed by atoms with Crippen molar-refractivity contribution < 1.29 is 17.9 Å². The van der Waals surface area contributed by atoms with E-state index in [4.69, 9.17) is 4.74 Å². The Labute approximate surface area is 132 Å². The number of amides is 1. The average molecular weight is 325 g/mol. The predicted molar refractivity (Wildman–Crippen MR) is 85.9 cm³/mol. The van der Waals surface area contributed by atoms with E-state index in [-0.39, 0.29) is 17.4 Å². The zero-order chi connectivity index (χ0) is 16.4. The molecule has 2 rings (SSSR count). The first-order valence-electron chi connectivity index (χ1n) is 7.45. The third-order valence-corrected chi connectivity index (χ3v) is 5.50. The summed E-state index contributed by atoms with van der Waals surface area (Å²) in [5, 5.41) is 2.85. The number of benzene rings is 1. The molecule has 122 valence electrons. The van der Waals surface area contributed by atoms with Gasteiger partial charge in [0.15, 0.2) is 9.84 Å². The highest BCUT2D eigenvalue weighted by Crippen LogP contribution is 2.24. The summed E-state index contributed by atoms with van der Waals surface area (Å²) in [6.45, 7) is 6.46. The maximum Gasteiger partial charge on any atom is 0.251 e. The number of ether oxygens (including phenoxy) is 1. The van der Waals surface area contributed by atoms with Gasteiger partial charge in [-0.05, 0) is 37.5 Å². The molecule has 1 amide bonds. The van der Waals surface area contributed by atoms with Gasteiger partial charge in [0.2, 0.25) is 0 Å². The van der Waals surface area contributed by atoms with Crippen LogP contribution in [0.4, 0.5) is 0 Å². The molecule has 0 spiro atoms. The van der Waals surface area contributed by atoms with Gasteiger partial charge in [0, 0.05) is 5.56 Å². The monoisotopic (exact) mass is 325 g/mol. The summed E-state index contributed by atoms with van der Waals surface area (Å²) >= 11 is 0. The molecule has 0 aromatic heterocycles. The lowest BCUT2D eigenvalue weighted by Gasteiger charge is -2.24. The predicted octanol–water partition coefficient (Wildman–Crippen LogP) is 2.03. The lowest BCUT2D eigenvalue weighted by molar-refractivity contribution is 0.0915. The van der Waals surface area contributed by atoms with Gasteiger partial charge < -0.3 is 10.1 Å². The van der Waals surface area contributed by atoms with Crippen molar-refractivity contribution in [2.45, 2.75) is 32.7 Å². The molecule has 0 unspecified atom stereocenters. The molecule has 0 bridgehead atoms. The van der Waals surface area contributed by atoms with E-state index in [1.54, 1.807) is 31.2 Å². The first kappa shape index (κ1) is 16.8. The summed E-state index contributed by atoms with van der Waals surface area (Å²) in [4.78, 5) is 12.3. The van der Waals surface area contributed by atoms with Crippen molar-refractivity contribution in [3.05, 3.63) is 29.8 Å². The Balaban J connectivity index is 2.05. The second-order valence-corrected chi connectivity index (χ2v) is 8.77. The van der Waals surface area contributed by atoms with Gasteiger partial charge in [-0.2, -0.15) is 0 Å². The Morgan fingerprint density at radius 1 is 1.41 bits per heavy atom. The van der Waals surface area contributed by atoms with Gasteiger partial charge in [-0.3, -0.25) is 4.79 Å². The van der Waals surface area contributed by atoms with E-state index in [1.807, 2.05) is 0 Å². The topological polar surface area (TPSA) is 72.5 Å². The second kappa shape index (κ2) is 6.28. The summed E-state index contributed by atoms with van der Waals surface area (Å²) in [5.41, 5.74) is -0.211. The van der Waals surface area contributed by atoms with Crippen molar-refractivity contribution in [3.63, 3.8) is 0 Å². The van der Waals surface area contributed by atoms with Gasteiger partial charge >= 0.3 is 0 Å². The lowest BCUT2D eigenvalue weighted by Crippen LogP contribution is -2.46. The highest BCUT2D eigenvalue weighted by atomic mass is 32.2. The molecule has 1 aromatic carbocycles. The van der Waals surface area contributed by atoms with Crippen molar-refractivity contribution in [2.24, 2.45) is 5.92 Å². The van der Waals surface area contributed by atoms with E-state index < -0.39 is 15.4 Å². The fraction of sp³-hybridized carbons (Fsp3) is 0.562. The van der Waals surface area contributed by atoms with Crippen LogP contribution in [0, 0.1) is 5.92 Å². The largest absolute Gasteiger partial charge is 0.493 e. The summed E-state index contributed by atoms with van der Waals surface area (Å²) in [5.74, 6) is 0.900. The Bertz CT molecular complexity index is 654. The Kier molecular flexibility index (Phi) is 4.80. The summed E-state index contributed by atoms with van der Waals surface area (Å²) in [6, 6.07) is 6.95. The fourth-order valence-corrected chi connectivity index (χ4v) is 4.54. The van der Waals surface area contributed by atoms with Crippen LogP contribution in [0.3, 0.4) is 0 Å². The smallest absolute Gasteiger partial charge is 0.251 e. The van der Waals surface area contributed by atoms with Crippen molar-refractivity contribution in [3.8, 4) is 5.75 Å². The number of rotatable bonds is 5. The SMILES string of the molecule is CC(C)COc1cccc(C(=O)N[C@]2(C)CCS(=O)(=O)C2)c1. The minimum Gasteiger partial charge on any atom is -0.493 e. The van der Waals surface area contributed by atoms with Crippen molar-refractivity contribution in [2.75, 3.05) is 18.1 Å². The van der Waals surface area contributed by atoms with Gasteiger partial charge in [-0.1, -0.05) is 19.9 Å². The van der Waals surface area contributed by atoms with Crippen LogP contribution in [0.1, 0.15) is 37.6 Å². The molecule has 1 heterocycles. The van der Waals surface area contributed by atoms with Crippen LogP contribution in [0.25, 0.3) is 0 Å². The minimum atomic E-state index is -3.05. The molecule has 1 aliphatic heterocycles. The van der Waals surface area contributed by atoms with Crippen LogP contribution in [-0.2, 0) is 9.84 Å². The van der Waals surface area contributed by atoms with E-state index in [0.29, 0.717) is 30.3 Å². The molecule has 22 heavy (non-hydrogen) atoms. The van der Waals surface area contributed by atoms with Crippen LogP contribution in [0.15, 0.2) is 24.3 Å². The van der Waals surface area contributed by atoms with Crippen molar-refractivity contribution >= 4 is 15.7 Å². The van der Waals surface area contributed by atoms with Crippen LogP contribution in [0.5, 0.6) is 5.75 Å². The molecule has 0 saturated carbocycles. The Morgan fingerprint density at radius 2 is 2.14 bits per heavy atom. The molecule has 0 aliphatic carbocycles. The zero-order valence-electron chi connectivity index (χ0n) is 13.3. The van der Waals surface area contributed by atoms with E-state index in [0.717, 1.165) is 0 Å². The highest BCUT2D eigenvalue weighted by molar-refractivity contribution is 7.91. The number of carbonyl (C=O) groups is 1. The van der Waals surface area contributed by atoms with Crippen LogP contribution in [-0.4, -0.2) is 38.0 Å². The molecule has 1 atom stereocenters. The quantitative estimate of drug-likeness (QED) is 0.899. The number of carbonyl (C=O) groups excluding carboxylic acids is 1. The Morgan fingerprint density at radius 3 is 2.73 bits per heavy atom. The van der Waals surface area contributed by atoms with Crippen LogP contribution >= 0.6 is 0 Å². The van der Waals surface area contributed by atoms with Crippen LogP contribution < -0.4 is 10.1 Å². The normalized spacial score (nSPS) is 23.5. The number of sulfone groups is 1. The molecule has 0 radical (unpaired) electrons. The number of hydrogen-bond acceptors (Lipinski definition) is 4. The fourth-order valence-electron chi connectivity index (χ4n) is 2.45. The summed E-state index contributed by atoms with van der Waals surface area (Å²) in [6.07, 6.45) is 0.449. The van der Waals surface area contributed by atoms with Gasteiger partial charge in [0.1, 0.15) is 5.75 Å². The molecule has 1 N–H and O–H groups in total. The zero-order valence-corrected chi connectivity index (χ0v) is 14.1. The maximum atomic E-state index is 12.3. The molecular formula is C16H23NO4S. The van der Waals surface area contributed by atoms with Gasteiger partial charge in [0.25, 0.3) is 5.91 Å².